The Morgan fingerprint density at radius 1 is 1.37 bits per heavy atom. The number of aliphatic hydroxyl groups is 1. The van der Waals surface area contributed by atoms with Gasteiger partial charge in [0, 0.05) is 12.6 Å². The second-order valence-corrected chi connectivity index (χ2v) is 5.71. The fraction of sp³-hybridized carbons (Fsp3) is 0.250. The zero-order chi connectivity index (χ0) is 14.5. The zero-order valence-electron chi connectivity index (χ0n) is 10.3. The average molecular weight is 285 g/mol. The second-order valence-electron chi connectivity index (χ2n) is 3.94. The molecule has 104 valence electrons. The number of aliphatic carboxylic acids is 1. The van der Waals surface area contributed by atoms with Crippen molar-refractivity contribution in [1.29, 1.82) is 0 Å². The first-order valence-corrected chi connectivity index (χ1v) is 6.98. The molecule has 0 aliphatic heterocycles. The van der Waals surface area contributed by atoms with E-state index in [9.17, 15) is 13.2 Å². The van der Waals surface area contributed by atoms with E-state index in [4.69, 9.17) is 10.2 Å². The Bertz CT molecular complexity index is 560. The molecule has 1 atom stereocenters. The fourth-order valence-electron chi connectivity index (χ4n) is 1.24. The number of sulfonamides is 1. The summed E-state index contributed by atoms with van der Waals surface area (Å²) < 4.78 is 25.8. The quantitative estimate of drug-likeness (QED) is 0.658. The predicted octanol–water partition coefficient (Wildman–Crippen LogP) is 0.443. The molecule has 3 N–H and O–H groups in total. The molecule has 0 fully saturated rings. The molecule has 0 aliphatic rings. The number of nitrogens with one attached hydrogen (secondary N) is 1. The molecule has 0 heterocycles. The summed E-state index contributed by atoms with van der Waals surface area (Å²) >= 11 is 0. The molecule has 1 aromatic carbocycles. The van der Waals surface area contributed by atoms with Gasteiger partial charge in [0.25, 0.3) is 0 Å². The van der Waals surface area contributed by atoms with Crippen LogP contribution in [0.4, 0.5) is 0 Å². The van der Waals surface area contributed by atoms with Gasteiger partial charge in [-0.3, -0.25) is 0 Å². The highest BCUT2D eigenvalue weighted by Gasteiger charge is 2.13. The molecule has 6 nitrogen and oxygen atoms in total. The maximum atomic E-state index is 11.8. The minimum absolute atomic E-state index is 0.0561. The van der Waals surface area contributed by atoms with E-state index in [0.717, 1.165) is 6.08 Å². The lowest BCUT2D eigenvalue weighted by molar-refractivity contribution is -0.131. The number of hydrogen-bond donors (Lipinski definition) is 3. The maximum absolute atomic E-state index is 11.8. The normalized spacial score (nSPS) is 13.6. The zero-order valence-corrected chi connectivity index (χ0v) is 11.1. The van der Waals surface area contributed by atoms with Crippen LogP contribution < -0.4 is 4.72 Å². The predicted molar refractivity (Wildman–Crippen MR) is 70.0 cm³/mol. The van der Waals surface area contributed by atoms with Crippen LogP contribution in [0.3, 0.4) is 0 Å². The average Bonchev–Trinajstić information content (AvgIpc) is 2.34. The van der Waals surface area contributed by atoms with Crippen LogP contribution in [0, 0.1) is 0 Å². The van der Waals surface area contributed by atoms with Crippen molar-refractivity contribution < 1.29 is 23.4 Å². The monoisotopic (exact) mass is 285 g/mol. The molecule has 1 unspecified atom stereocenters. The minimum atomic E-state index is -3.65. The van der Waals surface area contributed by atoms with Gasteiger partial charge >= 0.3 is 5.97 Å². The van der Waals surface area contributed by atoms with Crippen molar-refractivity contribution in [1.82, 2.24) is 4.72 Å². The lowest BCUT2D eigenvalue weighted by Crippen LogP contribution is -2.30. The Morgan fingerprint density at radius 2 is 1.95 bits per heavy atom. The van der Waals surface area contributed by atoms with Gasteiger partial charge in [-0.25, -0.2) is 17.9 Å². The molecule has 0 saturated heterocycles. The minimum Gasteiger partial charge on any atom is -0.478 e. The number of carboxylic acids is 1. The lowest BCUT2D eigenvalue weighted by atomic mass is 10.2. The van der Waals surface area contributed by atoms with Gasteiger partial charge < -0.3 is 10.2 Å². The van der Waals surface area contributed by atoms with Gasteiger partial charge in [0.05, 0.1) is 11.0 Å². The topological polar surface area (TPSA) is 104 Å². The van der Waals surface area contributed by atoms with Crippen molar-refractivity contribution in [3.8, 4) is 0 Å². The SMILES string of the molecule is CC(O)CNS(=O)(=O)c1ccc(/C=C/C(=O)O)cc1. The third-order valence-corrected chi connectivity index (χ3v) is 3.62. The number of benzene rings is 1. The third-order valence-electron chi connectivity index (χ3n) is 2.18. The number of aliphatic hydroxyl groups excluding tert-OH is 1. The van der Waals surface area contributed by atoms with E-state index in [1.165, 1.54) is 37.3 Å². The first-order valence-electron chi connectivity index (χ1n) is 5.50. The molecule has 0 bridgehead atoms. The van der Waals surface area contributed by atoms with E-state index >= 15 is 0 Å². The fourth-order valence-corrected chi connectivity index (χ4v) is 2.36. The molecule has 7 heteroatoms. The van der Waals surface area contributed by atoms with Crippen LogP contribution in [0.15, 0.2) is 35.2 Å². The molecule has 1 aromatic rings. The van der Waals surface area contributed by atoms with E-state index in [0.29, 0.717) is 5.56 Å². The van der Waals surface area contributed by atoms with Crippen LogP contribution in [-0.4, -0.2) is 37.2 Å². The maximum Gasteiger partial charge on any atom is 0.328 e. The number of rotatable bonds is 6. The third kappa shape index (κ3) is 5.21. The van der Waals surface area contributed by atoms with E-state index in [1.54, 1.807) is 0 Å². The van der Waals surface area contributed by atoms with E-state index in [1.807, 2.05) is 0 Å². The Morgan fingerprint density at radius 3 is 2.42 bits per heavy atom. The van der Waals surface area contributed by atoms with Gasteiger partial charge in [-0.15, -0.1) is 0 Å². The summed E-state index contributed by atoms with van der Waals surface area (Å²) in [4.78, 5) is 10.4. The van der Waals surface area contributed by atoms with Crippen molar-refractivity contribution in [3.63, 3.8) is 0 Å². The highest BCUT2D eigenvalue weighted by Crippen LogP contribution is 2.11. The lowest BCUT2D eigenvalue weighted by Gasteiger charge is -2.08. The Labute approximate surface area is 111 Å². The Balaban J connectivity index is 2.83. The summed E-state index contributed by atoms with van der Waals surface area (Å²) in [5.41, 5.74) is 0.580. The van der Waals surface area contributed by atoms with E-state index in [2.05, 4.69) is 4.72 Å². The first-order chi connectivity index (χ1) is 8.81. The molecule has 0 saturated carbocycles. The summed E-state index contributed by atoms with van der Waals surface area (Å²) in [6.45, 7) is 1.41. The van der Waals surface area contributed by atoms with Crippen molar-refractivity contribution in [2.45, 2.75) is 17.9 Å². The van der Waals surface area contributed by atoms with Crippen LogP contribution in [0.1, 0.15) is 12.5 Å². The summed E-state index contributed by atoms with van der Waals surface area (Å²) in [6.07, 6.45) is 1.56. The smallest absolute Gasteiger partial charge is 0.328 e. The van der Waals surface area contributed by atoms with Crippen molar-refractivity contribution in [2.75, 3.05) is 6.54 Å². The van der Waals surface area contributed by atoms with E-state index in [-0.39, 0.29) is 11.4 Å². The van der Waals surface area contributed by atoms with Gasteiger partial charge in [0.15, 0.2) is 0 Å². The van der Waals surface area contributed by atoms with Gasteiger partial charge in [-0.05, 0) is 30.7 Å². The number of carbonyl (C=O) groups is 1. The largest absolute Gasteiger partial charge is 0.478 e. The highest BCUT2D eigenvalue weighted by atomic mass is 32.2. The standard InChI is InChI=1S/C12H15NO5S/c1-9(14)8-13-19(17,18)11-5-2-10(3-6-11)4-7-12(15)16/h2-7,9,13-14H,8H2,1H3,(H,15,16)/b7-4+. The molecule has 0 aliphatic carbocycles. The molecule has 0 aromatic heterocycles. The van der Waals surface area contributed by atoms with Crippen molar-refractivity contribution in [3.05, 3.63) is 35.9 Å². The second kappa shape index (κ2) is 6.46. The van der Waals surface area contributed by atoms with Crippen LogP contribution in [0.2, 0.25) is 0 Å². The van der Waals surface area contributed by atoms with Gasteiger partial charge in [0.2, 0.25) is 10.0 Å². The van der Waals surface area contributed by atoms with Gasteiger partial charge in [-0.2, -0.15) is 0 Å². The van der Waals surface area contributed by atoms with Crippen molar-refractivity contribution >= 4 is 22.1 Å². The molecule has 19 heavy (non-hydrogen) atoms. The molecular formula is C12H15NO5S. The molecule has 1 rings (SSSR count). The van der Waals surface area contributed by atoms with Gasteiger partial charge in [0.1, 0.15) is 0 Å². The number of hydrogen-bond acceptors (Lipinski definition) is 4. The van der Waals surface area contributed by atoms with Crippen LogP contribution in [-0.2, 0) is 14.8 Å². The van der Waals surface area contributed by atoms with Crippen LogP contribution in [0.5, 0.6) is 0 Å². The highest BCUT2D eigenvalue weighted by molar-refractivity contribution is 7.89. The van der Waals surface area contributed by atoms with Crippen molar-refractivity contribution in [2.24, 2.45) is 0 Å². The molecule has 0 radical (unpaired) electrons. The molecular weight excluding hydrogens is 270 g/mol. The molecule has 0 spiro atoms. The summed E-state index contributed by atoms with van der Waals surface area (Å²) in [6, 6.07) is 5.73. The van der Waals surface area contributed by atoms with Crippen LogP contribution >= 0.6 is 0 Å². The Hall–Kier alpha value is -1.70. The summed E-state index contributed by atoms with van der Waals surface area (Å²) in [7, 11) is -3.65. The molecule has 0 amide bonds. The summed E-state index contributed by atoms with van der Waals surface area (Å²) in [5.74, 6) is -1.07. The Kier molecular flexibility index (Phi) is 5.22. The number of carboxylic acid groups (broad SMARTS) is 1. The van der Waals surface area contributed by atoms with Gasteiger partial charge in [-0.1, -0.05) is 12.1 Å². The van der Waals surface area contributed by atoms with E-state index < -0.39 is 22.1 Å². The van der Waals surface area contributed by atoms with Crippen LogP contribution in [0.25, 0.3) is 6.08 Å². The first kappa shape index (κ1) is 15.4. The summed E-state index contributed by atoms with van der Waals surface area (Å²) in [5, 5.41) is 17.5.